The fraction of sp³-hybridized carbons (Fsp3) is 0.167. The van der Waals surface area contributed by atoms with Crippen molar-refractivity contribution in [1.82, 2.24) is 0 Å². The minimum atomic E-state index is -0.458. The van der Waals surface area contributed by atoms with Crippen molar-refractivity contribution in [2.45, 2.75) is 4.90 Å². The molecule has 7 heteroatoms. The third-order valence-electron chi connectivity index (χ3n) is 3.88. The predicted octanol–water partition coefficient (Wildman–Crippen LogP) is 4.17. The predicted molar refractivity (Wildman–Crippen MR) is 96.9 cm³/mol. The molecular weight excluding hydrogens is 343 g/mol. The summed E-state index contributed by atoms with van der Waals surface area (Å²) < 4.78 is 13.4. The van der Waals surface area contributed by atoms with Crippen molar-refractivity contribution < 1.29 is 14.1 Å². The molecule has 128 valence electrons. The number of nitrogens with zero attached hydrogens (tertiary/aromatic N) is 2. The Kier molecular flexibility index (Phi) is 4.59. The van der Waals surface area contributed by atoms with E-state index in [1.165, 1.54) is 30.0 Å². The zero-order valence-electron chi connectivity index (χ0n) is 13.7. The lowest BCUT2D eigenvalue weighted by Gasteiger charge is -2.17. The number of carbonyl (C=O) groups excluding carboxylic acids is 1. The van der Waals surface area contributed by atoms with Crippen LogP contribution >= 0.6 is 11.8 Å². The number of rotatable bonds is 3. The molecule has 1 heterocycles. The Labute approximate surface area is 148 Å². The summed E-state index contributed by atoms with van der Waals surface area (Å²) in [6.07, 6.45) is 1.63. The van der Waals surface area contributed by atoms with Gasteiger partial charge in [-0.25, -0.2) is 4.39 Å². The Morgan fingerprint density at radius 3 is 2.68 bits per heavy atom. The van der Waals surface area contributed by atoms with Crippen LogP contribution in [-0.2, 0) is 0 Å². The van der Waals surface area contributed by atoms with E-state index in [0.717, 1.165) is 4.90 Å². The van der Waals surface area contributed by atoms with Gasteiger partial charge in [0.2, 0.25) is 0 Å². The highest BCUT2D eigenvalue weighted by molar-refractivity contribution is 7.99. The molecule has 0 atom stereocenters. The van der Waals surface area contributed by atoms with Gasteiger partial charge < -0.3 is 4.90 Å². The van der Waals surface area contributed by atoms with Crippen LogP contribution in [0.2, 0.25) is 0 Å². The van der Waals surface area contributed by atoms with Gasteiger partial charge >= 0.3 is 0 Å². The van der Waals surface area contributed by atoms with E-state index in [0.29, 0.717) is 28.1 Å². The first-order valence-electron chi connectivity index (χ1n) is 7.50. The van der Waals surface area contributed by atoms with Crippen LogP contribution in [0.1, 0.15) is 15.9 Å². The fourth-order valence-electron chi connectivity index (χ4n) is 2.66. The van der Waals surface area contributed by atoms with Crippen molar-refractivity contribution in [2.75, 3.05) is 24.7 Å². The number of benzene rings is 2. The molecule has 0 saturated heterocycles. The van der Waals surface area contributed by atoms with E-state index in [9.17, 15) is 19.3 Å². The third kappa shape index (κ3) is 3.41. The summed E-state index contributed by atoms with van der Waals surface area (Å²) in [4.78, 5) is 25.8. The molecule has 0 fully saturated rings. The number of nitro groups is 1. The summed E-state index contributed by atoms with van der Waals surface area (Å²) in [6.45, 7) is 0. The van der Waals surface area contributed by atoms with E-state index in [1.54, 1.807) is 43.3 Å². The number of halogens is 1. The first kappa shape index (κ1) is 17.2. The number of Topliss-reactive ketones (excluding diaryl/α,β-unsaturated/α-hetero) is 1. The van der Waals surface area contributed by atoms with Crippen molar-refractivity contribution in [3.05, 3.63) is 69.0 Å². The second-order valence-electron chi connectivity index (χ2n) is 5.83. The number of thioether (sulfide) groups is 1. The maximum atomic E-state index is 13.4. The van der Waals surface area contributed by atoms with Gasteiger partial charge in [-0.1, -0.05) is 6.07 Å². The van der Waals surface area contributed by atoms with Crippen molar-refractivity contribution in [3.8, 4) is 0 Å². The highest BCUT2D eigenvalue weighted by Gasteiger charge is 2.23. The maximum Gasteiger partial charge on any atom is 0.293 e. The summed E-state index contributed by atoms with van der Waals surface area (Å²) in [5.41, 5.74) is 1.86. The van der Waals surface area contributed by atoms with E-state index in [4.69, 9.17) is 0 Å². The van der Waals surface area contributed by atoms with Gasteiger partial charge in [0.25, 0.3) is 5.69 Å². The largest absolute Gasteiger partial charge is 0.372 e. The van der Waals surface area contributed by atoms with Crippen molar-refractivity contribution in [2.24, 2.45) is 0 Å². The average molecular weight is 358 g/mol. The lowest BCUT2D eigenvalue weighted by molar-refractivity contribution is -0.384. The zero-order chi connectivity index (χ0) is 18.1. The van der Waals surface area contributed by atoms with E-state index in [2.05, 4.69) is 0 Å². The minimum absolute atomic E-state index is 0.0262. The molecule has 0 amide bonds. The number of nitro benzene ring substituents is 1. The monoisotopic (exact) mass is 358 g/mol. The van der Waals surface area contributed by atoms with Crippen LogP contribution in [0.4, 0.5) is 15.8 Å². The van der Waals surface area contributed by atoms with Crippen LogP contribution in [-0.4, -0.2) is 30.6 Å². The Balaban J connectivity index is 2.00. The molecule has 0 bridgehead atoms. The Morgan fingerprint density at radius 2 is 2.00 bits per heavy atom. The number of carbonyl (C=O) groups is 1. The molecule has 0 spiro atoms. The smallest absolute Gasteiger partial charge is 0.293 e. The van der Waals surface area contributed by atoms with Crippen molar-refractivity contribution in [1.29, 1.82) is 0 Å². The van der Waals surface area contributed by atoms with Gasteiger partial charge in [0.1, 0.15) is 11.5 Å². The van der Waals surface area contributed by atoms with Crippen LogP contribution in [0, 0.1) is 15.9 Å². The minimum Gasteiger partial charge on any atom is -0.372 e. The van der Waals surface area contributed by atoms with Gasteiger partial charge in [-0.3, -0.25) is 14.9 Å². The number of ketones is 1. The summed E-state index contributed by atoms with van der Waals surface area (Å²) in [5.74, 6) is -0.256. The summed E-state index contributed by atoms with van der Waals surface area (Å²) in [5, 5.41) is 11.3. The van der Waals surface area contributed by atoms with Crippen LogP contribution in [0.3, 0.4) is 0 Å². The molecule has 1 aliphatic rings. The lowest BCUT2D eigenvalue weighted by atomic mass is 10.0. The summed E-state index contributed by atoms with van der Waals surface area (Å²) in [6, 6.07) is 8.99. The molecule has 1 aliphatic heterocycles. The molecular formula is C18H15FN2O3S. The SMILES string of the molecule is CN(C)c1ccc(/C=C2\CSc3ccc(F)cc3C2=O)cc1[N+](=O)[O-]. The Hall–Kier alpha value is -2.67. The third-order valence-corrected chi connectivity index (χ3v) is 5.00. The maximum absolute atomic E-state index is 13.4. The molecule has 2 aromatic rings. The van der Waals surface area contributed by atoms with Gasteiger partial charge in [0.05, 0.1) is 4.92 Å². The van der Waals surface area contributed by atoms with Crippen LogP contribution < -0.4 is 4.90 Å². The molecule has 0 N–H and O–H groups in total. The summed E-state index contributed by atoms with van der Waals surface area (Å²) in [7, 11) is 3.46. The van der Waals surface area contributed by atoms with Crippen LogP contribution in [0.15, 0.2) is 46.9 Å². The number of hydrogen-bond acceptors (Lipinski definition) is 5. The highest BCUT2D eigenvalue weighted by Crippen LogP contribution is 2.35. The second-order valence-corrected chi connectivity index (χ2v) is 6.84. The van der Waals surface area contributed by atoms with E-state index in [-0.39, 0.29) is 11.5 Å². The normalized spacial score (nSPS) is 15.2. The molecule has 0 unspecified atom stereocenters. The zero-order valence-corrected chi connectivity index (χ0v) is 14.5. The van der Waals surface area contributed by atoms with Gasteiger partial charge in [0, 0.05) is 41.9 Å². The molecule has 0 radical (unpaired) electrons. The molecule has 2 aromatic carbocycles. The standard InChI is InChI=1S/C18H15FN2O3S/c1-20(2)15-5-3-11(8-16(15)21(23)24)7-12-10-25-17-6-4-13(19)9-14(17)18(12)22/h3-9H,10H2,1-2H3/b12-7+. The van der Waals surface area contributed by atoms with E-state index in [1.807, 2.05) is 0 Å². The number of hydrogen-bond donors (Lipinski definition) is 0. The lowest BCUT2D eigenvalue weighted by Crippen LogP contribution is -2.13. The van der Waals surface area contributed by atoms with Crippen molar-refractivity contribution in [3.63, 3.8) is 0 Å². The molecule has 0 aliphatic carbocycles. The molecule has 25 heavy (non-hydrogen) atoms. The van der Waals surface area contributed by atoms with Crippen molar-refractivity contribution >= 4 is 35.0 Å². The second kappa shape index (κ2) is 6.68. The van der Waals surface area contributed by atoms with E-state index >= 15 is 0 Å². The number of anilines is 1. The molecule has 5 nitrogen and oxygen atoms in total. The molecule has 0 aromatic heterocycles. The highest BCUT2D eigenvalue weighted by atomic mass is 32.2. The topological polar surface area (TPSA) is 63.5 Å². The van der Waals surface area contributed by atoms with Gasteiger partial charge in [-0.05, 0) is 35.9 Å². The van der Waals surface area contributed by atoms with Gasteiger partial charge in [0.15, 0.2) is 5.78 Å². The Morgan fingerprint density at radius 1 is 1.24 bits per heavy atom. The summed E-state index contributed by atoms with van der Waals surface area (Å²) >= 11 is 1.45. The first-order valence-corrected chi connectivity index (χ1v) is 8.49. The van der Waals surface area contributed by atoms with Crippen LogP contribution in [0.25, 0.3) is 6.08 Å². The van der Waals surface area contributed by atoms with Gasteiger partial charge in [-0.2, -0.15) is 0 Å². The first-order chi connectivity index (χ1) is 11.9. The average Bonchev–Trinajstić information content (AvgIpc) is 2.57. The quantitative estimate of drug-likeness (QED) is 0.468. The fourth-order valence-corrected chi connectivity index (χ4v) is 3.66. The molecule has 0 saturated carbocycles. The van der Waals surface area contributed by atoms with E-state index < -0.39 is 10.7 Å². The van der Waals surface area contributed by atoms with Gasteiger partial charge in [-0.15, -0.1) is 11.8 Å². The van der Waals surface area contributed by atoms with Crippen LogP contribution in [0.5, 0.6) is 0 Å². The molecule has 3 rings (SSSR count). The number of fused-ring (bicyclic) bond motifs is 1. The Bertz CT molecular complexity index is 909.